The van der Waals surface area contributed by atoms with Crippen LogP contribution in [0.4, 0.5) is 21.9 Å². The number of piperazine rings is 1. The third-order valence-electron chi connectivity index (χ3n) is 6.69. The van der Waals surface area contributed by atoms with E-state index in [0.29, 0.717) is 11.4 Å². The second-order valence-electron chi connectivity index (χ2n) is 9.41. The van der Waals surface area contributed by atoms with Crippen LogP contribution in [0.25, 0.3) is 33.8 Å². The predicted octanol–water partition coefficient (Wildman–Crippen LogP) is 5.78. The molecule has 0 atom stereocenters. The Morgan fingerprint density at radius 1 is 0.921 bits per heavy atom. The Labute approximate surface area is 228 Å². The van der Waals surface area contributed by atoms with Gasteiger partial charge in [-0.2, -0.15) is 5.10 Å². The zero-order valence-electron chi connectivity index (χ0n) is 20.8. The number of nitrogens with zero attached hydrogens (tertiary/aromatic N) is 4. The molecule has 9 nitrogen and oxygen atoms in total. The van der Waals surface area contributed by atoms with Gasteiger partial charge in [0.2, 0.25) is 0 Å². The fourth-order valence-electron chi connectivity index (χ4n) is 4.56. The molecule has 3 heterocycles. The topological polar surface area (TPSA) is 105 Å². The highest BCUT2D eigenvalue weighted by Crippen LogP contribution is 2.27. The number of rotatable bonds is 5. The molecule has 0 spiro atoms. The Kier molecular flexibility index (Phi) is 6.57. The maximum atomic E-state index is 12.3. The Bertz CT molecular complexity index is 1580. The van der Waals surface area contributed by atoms with Crippen LogP contribution in [0, 0.1) is 0 Å². The van der Waals surface area contributed by atoms with E-state index in [1.807, 2.05) is 54.6 Å². The molecule has 0 saturated carbocycles. The maximum Gasteiger partial charge on any atom is 0.323 e. The number of hydrogen-bond acceptors (Lipinski definition) is 5. The fraction of sp³-hybridized carbons (Fsp3) is 0.179. The number of nitrogens with one attached hydrogen (secondary N) is 4. The number of aromatic nitrogens is 4. The Hall–Kier alpha value is -4.15. The second-order valence-corrected chi connectivity index (χ2v) is 10.3. The quantitative estimate of drug-likeness (QED) is 0.214. The molecule has 0 aliphatic carbocycles. The number of anilines is 3. The number of fused-ring (bicyclic) bond motifs is 1. The average molecular weight is 571 g/mol. The molecular formula is C28H27BrN8O. The summed E-state index contributed by atoms with van der Waals surface area (Å²) in [5.41, 5.74) is 7.08. The van der Waals surface area contributed by atoms with E-state index in [2.05, 4.69) is 76.8 Å². The molecule has 6 rings (SSSR count). The Balaban J connectivity index is 1.13. The van der Waals surface area contributed by atoms with Crippen LogP contribution < -0.4 is 15.5 Å². The van der Waals surface area contributed by atoms with Crippen molar-refractivity contribution in [1.82, 2.24) is 25.1 Å². The van der Waals surface area contributed by atoms with Crippen LogP contribution in [0.1, 0.15) is 0 Å². The van der Waals surface area contributed by atoms with E-state index in [1.54, 1.807) is 0 Å². The molecule has 192 valence electrons. The minimum Gasteiger partial charge on any atom is -0.369 e. The molecule has 2 amide bonds. The minimum atomic E-state index is -0.305. The van der Waals surface area contributed by atoms with E-state index in [-0.39, 0.29) is 6.03 Å². The molecule has 1 aliphatic rings. The summed E-state index contributed by atoms with van der Waals surface area (Å²) < 4.78 is 0.900. The van der Waals surface area contributed by atoms with E-state index in [1.165, 1.54) is 5.69 Å². The van der Waals surface area contributed by atoms with E-state index >= 15 is 0 Å². The van der Waals surface area contributed by atoms with E-state index in [9.17, 15) is 4.79 Å². The number of carbonyl (C=O) groups excluding carboxylic acids is 1. The van der Waals surface area contributed by atoms with Crippen molar-refractivity contribution in [2.75, 3.05) is 48.8 Å². The van der Waals surface area contributed by atoms with Crippen molar-refractivity contribution in [3.05, 3.63) is 77.3 Å². The molecule has 3 aromatic carbocycles. The Morgan fingerprint density at radius 3 is 2.50 bits per heavy atom. The number of carbonyl (C=O) groups is 1. The average Bonchev–Trinajstić information content (AvgIpc) is 3.57. The number of hydrogen-bond donors (Lipinski definition) is 4. The Morgan fingerprint density at radius 2 is 1.71 bits per heavy atom. The first-order valence-electron chi connectivity index (χ1n) is 12.4. The first-order chi connectivity index (χ1) is 18.5. The lowest BCUT2D eigenvalue weighted by Gasteiger charge is -2.34. The number of aromatic amines is 2. The molecule has 1 fully saturated rings. The third kappa shape index (κ3) is 5.27. The monoisotopic (exact) mass is 570 g/mol. The normalized spacial score (nSPS) is 14.1. The second kappa shape index (κ2) is 10.3. The zero-order chi connectivity index (χ0) is 26.1. The van der Waals surface area contributed by atoms with Crippen molar-refractivity contribution >= 4 is 50.1 Å². The van der Waals surface area contributed by atoms with E-state index < -0.39 is 0 Å². The molecule has 4 N–H and O–H groups in total. The van der Waals surface area contributed by atoms with Gasteiger partial charge in [0.25, 0.3) is 0 Å². The lowest BCUT2D eigenvalue weighted by molar-refractivity contribution is 0.262. The number of urea groups is 1. The lowest BCUT2D eigenvalue weighted by Crippen LogP contribution is -2.44. The molecule has 2 aromatic heterocycles. The summed E-state index contributed by atoms with van der Waals surface area (Å²) in [6, 6.07) is 23.1. The largest absolute Gasteiger partial charge is 0.369 e. The highest BCUT2D eigenvalue weighted by Gasteiger charge is 2.16. The molecule has 1 aliphatic heterocycles. The van der Waals surface area contributed by atoms with Gasteiger partial charge in [-0.05, 0) is 67.2 Å². The summed E-state index contributed by atoms with van der Waals surface area (Å²) in [6.45, 7) is 4.18. The standard InChI is InChI=1S/C28H27BrN8O/c1-36-11-13-37(14-12-36)22-9-10-23-25(16-22)33-27(32-23)26-17-24(34-35-26)18-5-7-20(8-6-18)30-28(38)31-21-4-2-3-19(29)15-21/h2-10,15-17H,11-14H2,1H3,(H,32,33)(H,34,35)(H2,30,31,38). The zero-order valence-corrected chi connectivity index (χ0v) is 22.4. The van der Waals surface area contributed by atoms with Crippen molar-refractivity contribution in [3.8, 4) is 22.8 Å². The molecule has 1 saturated heterocycles. The van der Waals surface area contributed by atoms with Crippen molar-refractivity contribution in [1.29, 1.82) is 0 Å². The van der Waals surface area contributed by atoms with Gasteiger partial charge in [-0.15, -0.1) is 0 Å². The van der Waals surface area contributed by atoms with Crippen LogP contribution in [0.15, 0.2) is 77.3 Å². The molecule has 0 radical (unpaired) electrons. The van der Waals surface area contributed by atoms with Gasteiger partial charge in [-0.3, -0.25) is 5.10 Å². The lowest BCUT2D eigenvalue weighted by atomic mass is 10.1. The summed E-state index contributed by atoms with van der Waals surface area (Å²) in [5.74, 6) is 0.723. The summed E-state index contributed by atoms with van der Waals surface area (Å²) in [7, 11) is 2.16. The van der Waals surface area contributed by atoms with Crippen molar-refractivity contribution in [2.45, 2.75) is 0 Å². The van der Waals surface area contributed by atoms with Gasteiger partial charge in [-0.25, -0.2) is 9.78 Å². The minimum absolute atomic E-state index is 0.305. The highest BCUT2D eigenvalue weighted by molar-refractivity contribution is 9.10. The van der Waals surface area contributed by atoms with Crippen LogP contribution in [0.5, 0.6) is 0 Å². The summed E-state index contributed by atoms with van der Waals surface area (Å²) in [6.07, 6.45) is 0. The van der Waals surface area contributed by atoms with Gasteiger partial charge in [-0.1, -0.05) is 34.1 Å². The van der Waals surface area contributed by atoms with Gasteiger partial charge < -0.3 is 25.4 Å². The van der Waals surface area contributed by atoms with Gasteiger partial charge in [0.1, 0.15) is 5.69 Å². The molecule has 5 aromatic rings. The number of halogens is 1. The highest BCUT2D eigenvalue weighted by atomic mass is 79.9. The summed E-state index contributed by atoms with van der Waals surface area (Å²) >= 11 is 3.41. The van der Waals surface area contributed by atoms with Gasteiger partial charge in [0.15, 0.2) is 5.82 Å². The smallest absolute Gasteiger partial charge is 0.323 e. The number of H-pyrrole nitrogens is 2. The van der Waals surface area contributed by atoms with Gasteiger partial charge in [0, 0.05) is 47.7 Å². The number of imidazole rings is 1. The van der Waals surface area contributed by atoms with Crippen molar-refractivity contribution in [2.24, 2.45) is 0 Å². The molecule has 0 bridgehead atoms. The first kappa shape index (κ1) is 24.2. The van der Waals surface area contributed by atoms with Crippen molar-refractivity contribution in [3.63, 3.8) is 0 Å². The number of benzene rings is 3. The van der Waals surface area contributed by atoms with Crippen LogP contribution in [0.3, 0.4) is 0 Å². The fourth-order valence-corrected chi connectivity index (χ4v) is 4.96. The third-order valence-corrected chi connectivity index (χ3v) is 7.18. The molecule has 10 heteroatoms. The summed E-state index contributed by atoms with van der Waals surface area (Å²) in [5, 5.41) is 13.3. The van der Waals surface area contributed by atoms with E-state index in [0.717, 1.165) is 64.5 Å². The van der Waals surface area contributed by atoms with Gasteiger partial charge >= 0.3 is 6.03 Å². The molecule has 38 heavy (non-hydrogen) atoms. The molecular weight excluding hydrogens is 544 g/mol. The maximum absolute atomic E-state index is 12.3. The first-order valence-corrected chi connectivity index (χ1v) is 13.2. The number of amides is 2. The van der Waals surface area contributed by atoms with Crippen molar-refractivity contribution < 1.29 is 4.79 Å². The van der Waals surface area contributed by atoms with Crippen LogP contribution in [0.2, 0.25) is 0 Å². The van der Waals surface area contributed by atoms with Crippen LogP contribution >= 0.6 is 15.9 Å². The predicted molar refractivity (Wildman–Crippen MR) is 156 cm³/mol. The summed E-state index contributed by atoms with van der Waals surface area (Å²) in [4.78, 5) is 25.3. The van der Waals surface area contributed by atoms with E-state index in [4.69, 9.17) is 4.98 Å². The number of likely N-dealkylation sites (N-methyl/N-ethyl adjacent to an activating group) is 1. The van der Waals surface area contributed by atoms with Crippen LogP contribution in [-0.2, 0) is 0 Å². The SMILES string of the molecule is CN1CCN(c2ccc3nc(-c4cc(-c5ccc(NC(=O)Nc6cccc(Br)c6)cc5)[nH]n4)[nH]c3c2)CC1. The van der Waals surface area contributed by atoms with Gasteiger partial charge in [0.05, 0.1) is 16.7 Å². The molecule has 0 unspecified atom stereocenters. The van der Waals surface area contributed by atoms with Crippen LogP contribution in [-0.4, -0.2) is 64.3 Å².